The molecule has 3 rings (SSSR count). The number of nitrogens with zero attached hydrogens (tertiary/aromatic N) is 2. The molecule has 0 spiro atoms. The molecule has 11 nitrogen and oxygen atoms in total. The lowest BCUT2D eigenvalue weighted by Gasteiger charge is -2.18. The highest BCUT2D eigenvalue weighted by Crippen LogP contribution is 2.38. The van der Waals surface area contributed by atoms with Crippen molar-refractivity contribution >= 4 is 31.1 Å². The lowest BCUT2D eigenvalue weighted by molar-refractivity contribution is -0.0531. The number of hydrogen-bond acceptors (Lipinski definition) is 8. The summed E-state index contributed by atoms with van der Waals surface area (Å²) in [4.78, 5) is 35.3. The van der Waals surface area contributed by atoms with Crippen LogP contribution in [0.25, 0.3) is 11.0 Å². The molecule has 0 radical (unpaired) electrons. The van der Waals surface area contributed by atoms with Gasteiger partial charge >= 0.3 is 7.82 Å². The maximum atomic E-state index is 11.3. The van der Waals surface area contributed by atoms with Crippen LogP contribution in [-0.2, 0) is 13.8 Å². The number of phosphoric acid groups is 1. The van der Waals surface area contributed by atoms with E-state index in [-0.39, 0.29) is 16.0 Å². The summed E-state index contributed by atoms with van der Waals surface area (Å²) in [5.41, 5.74) is -0.0995. The van der Waals surface area contributed by atoms with Gasteiger partial charge in [0, 0.05) is 17.6 Å². The Morgan fingerprint density at radius 2 is 2.08 bits per heavy atom. The van der Waals surface area contributed by atoms with Crippen LogP contribution >= 0.6 is 20.0 Å². The van der Waals surface area contributed by atoms with Gasteiger partial charge in [0.1, 0.15) is 24.0 Å². The number of nitrogens with one attached hydrogen (secondary N) is 1. The van der Waals surface area contributed by atoms with Crippen LogP contribution < -0.4 is 5.56 Å². The van der Waals surface area contributed by atoms with Crippen molar-refractivity contribution in [1.29, 1.82) is 0 Å². The normalized spacial score (nSPS) is 27.0. The topological polar surface area (TPSA) is 167 Å². The number of fused-ring (bicyclic) bond motifs is 1. The van der Waals surface area contributed by atoms with Gasteiger partial charge in [-0.2, -0.15) is 0 Å². The van der Waals surface area contributed by atoms with E-state index >= 15 is 0 Å². The van der Waals surface area contributed by atoms with Crippen molar-refractivity contribution in [2.75, 3.05) is 6.61 Å². The molecule has 1 saturated heterocycles. The molecule has 136 valence electrons. The predicted octanol–water partition coefficient (Wildman–Crippen LogP) is -0.817. The second kappa shape index (κ2) is 6.67. The van der Waals surface area contributed by atoms with Gasteiger partial charge in [0.25, 0.3) is 0 Å². The Kier molecular flexibility index (Phi) is 4.88. The zero-order valence-electron chi connectivity index (χ0n) is 12.4. The second-order valence-electron chi connectivity index (χ2n) is 5.39. The molecule has 25 heavy (non-hydrogen) atoms. The smallest absolute Gasteiger partial charge is 0.387 e. The molecule has 0 aliphatic carbocycles. The van der Waals surface area contributed by atoms with E-state index in [0.29, 0.717) is 5.39 Å². The largest absolute Gasteiger partial charge is 0.469 e. The first-order valence-corrected chi connectivity index (χ1v) is 8.93. The zero-order chi connectivity index (χ0) is 18.4. The maximum absolute atomic E-state index is 11.3. The van der Waals surface area contributed by atoms with Crippen LogP contribution in [0.1, 0.15) is 6.23 Å². The predicted molar refractivity (Wildman–Crippen MR) is 85.1 cm³/mol. The molecule has 0 aromatic carbocycles. The van der Waals surface area contributed by atoms with Crippen molar-refractivity contribution in [1.82, 2.24) is 14.5 Å². The summed E-state index contributed by atoms with van der Waals surface area (Å²) in [5, 5.41) is 20.7. The highest BCUT2D eigenvalue weighted by atomic mass is 32.1. The van der Waals surface area contributed by atoms with Crippen LogP contribution in [0, 0.1) is 4.77 Å². The molecule has 5 N–H and O–H groups in total. The van der Waals surface area contributed by atoms with Crippen molar-refractivity contribution in [3.05, 3.63) is 33.5 Å². The van der Waals surface area contributed by atoms with Crippen LogP contribution in [0.2, 0.25) is 0 Å². The summed E-state index contributed by atoms with van der Waals surface area (Å²) < 4.78 is 21.8. The van der Waals surface area contributed by atoms with Gasteiger partial charge in [0.15, 0.2) is 6.23 Å². The number of ether oxygens (including phenoxy) is 1. The highest BCUT2D eigenvalue weighted by molar-refractivity contribution is 7.71. The summed E-state index contributed by atoms with van der Waals surface area (Å²) in [6, 6.07) is 2.79. The minimum atomic E-state index is -4.75. The average molecular weight is 391 g/mol. The van der Waals surface area contributed by atoms with Crippen molar-refractivity contribution < 1.29 is 33.8 Å². The van der Waals surface area contributed by atoms with E-state index in [0.717, 1.165) is 0 Å². The van der Waals surface area contributed by atoms with E-state index in [1.165, 1.54) is 22.9 Å². The van der Waals surface area contributed by atoms with Crippen molar-refractivity contribution in [3.8, 4) is 0 Å². The van der Waals surface area contributed by atoms with Crippen LogP contribution in [0.4, 0.5) is 0 Å². The Labute approximate surface area is 144 Å². The molecule has 3 heterocycles. The Hall–Kier alpha value is -1.50. The summed E-state index contributed by atoms with van der Waals surface area (Å²) in [7, 11) is -4.75. The van der Waals surface area contributed by atoms with Gasteiger partial charge in [-0.3, -0.25) is 13.9 Å². The van der Waals surface area contributed by atoms with Crippen LogP contribution in [-0.4, -0.2) is 59.5 Å². The molecular formula is C12H14N3O8PS. The molecule has 4 atom stereocenters. The van der Waals surface area contributed by atoms with Crippen LogP contribution in [0.5, 0.6) is 0 Å². The molecule has 1 aliphatic heterocycles. The van der Waals surface area contributed by atoms with Gasteiger partial charge in [0.05, 0.1) is 6.61 Å². The first-order valence-electron chi connectivity index (χ1n) is 6.99. The van der Waals surface area contributed by atoms with Gasteiger partial charge in [-0.15, -0.1) is 0 Å². The molecule has 0 amide bonds. The number of pyridine rings is 1. The Bertz CT molecular complexity index is 955. The maximum Gasteiger partial charge on any atom is 0.469 e. The first-order chi connectivity index (χ1) is 11.7. The minimum Gasteiger partial charge on any atom is -0.387 e. The van der Waals surface area contributed by atoms with Crippen molar-refractivity contribution in [2.45, 2.75) is 24.5 Å². The average Bonchev–Trinajstić information content (AvgIpc) is 2.79. The number of phosphoric ester groups is 1. The fourth-order valence-corrected chi connectivity index (χ4v) is 3.07. The third-order valence-corrected chi connectivity index (χ3v) is 4.44. The molecule has 0 bridgehead atoms. The molecule has 2 aromatic heterocycles. The Balaban J connectivity index is 1.91. The monoisotopic (exact) mass is 391 g/mol. The summed E-state index contributed by atoms with van der Waals surface area (Å²) in [5.74, 6) is 0. The minimum absolute atomic E-state index is 0.0258. The Morgan fingerprint density at radius 3 is 2.76 bits per heavy atom. The summed E-state index contributed by atoms with van der Waals surface area (Å²) in [6.45, 7) is -0.624. The summed E-state index contributed by atoms with van der Waals surface area (Å²) in [6.07, 6.45) is -3.73. The van der Waals surface area contributed by atoms with Gasteiger partial charge < -0.3 is 29.7 Å². The number of H-pyrrole nitrogens is 1. The van der Waals surface area contributed by atoms with E-state index in [2.05, 4.69) is 14.5 Å². The van der Waals surface area contributed by atoms with E-state index in [9.17, 15) is 19.6 Å². The zero-order valence-corrected chi connectivity index (χ0v) is 14.1. The lowest BCUT2D eigenvalue weighted by atomic mass is 10.1. The second-order valence-corrected chi connectivity index (χ2v) is 6.99. The van der Waals surface area contributed by atoms with E-state index in [1.54, 1.807) is 0 Å². The fraction of sp³-hybridized carbons (Fsp3) is 0.417. The SMILES string of the molecule is O=c1ccc2cn([C@@H]3O[C@H](COP(=O)(O)O)C(O)[C@@H]3O)c(=S)nc2[nH]1. The fourth-order valence-electron chi connectivity index (χ4n) is 2.48. The number of hydrogen-bond donors (Lipinski definition) is 5. The van der Waals surface area contributed by atoms with Crippen LogP contribution in [0.3, 0.4) is 0 Å². The standard InChI is InChI=1S/C12H14N3O8PS/c16-7-2-1-5-3-15(12(25)14-10(5)13-7)11-9(18)8(17)6(23-11)4-22-24(19,20)21/h1-3,6,8-9,11,17-18H,4H2,(H2,19,20,21)(H,13,14,16,25)/t6-,8?,9+,11-/m1/s1. The molecule has 1 unspecified atom stereocenters. The van der Waals surface area contributed by atoms with E-state index < -0.39 is 39.0 Å². The number of aliphatic hydroxyl groups excluding tert-OH is 2. The van der Waals surface area contributed by atoms with Gasteiger partial charge in [-0.05, 0) is 18.3 Å². The van der Waals surface area contributed by atoms with Gasteiger partial charge in [-0.1, -0.05) is 0 Å². The van der Waals surface area contributed by atoms with Crippen molar-refractivity contribution in [2.24, 2.45) is 0 Å². The van der Waals surface area contributed by atoms with E-state index in [4.69, 9.17) is 26.7 Å². The van der Waals surface area contributed by atoms with Gasteiger partial charge in [-0.25, -0.2) is 9.55 Å². The third kappa shape index (κ3) is 3.86. The Morgan fingerprint density at radius 1 is 1.36 bits per heavy atom. The highest BCUT2D eigenvalue weighted by Gasteiger charge is 2.44. The van der Waals surface area contributed by atoms with Crippen LogP contribution in [0.15, 0.2) is 23.1 Å². The quantitative estimate of drug-likeness (QED) is 0.328. The molecule has 0 saturated carbocycles. The molecule has 1 aliphatic rings. The number of rotatable bonds is 4. The number of aromatic nitrogens is 3. The molecule has 13 heteroatoms. The molecular weight excluding hydrogens is 377 g/mol. The van der Waals surface area contributed by atoms with Gasteiger partial charge in [0.2, 0.25) is 10.3 Å². The number of aliphatic hydroxyl groups is 2. The third-order valence-electron chi connectivity index (χ3n) is 3.65. The summed E-state index contributed by atoms with van der Waals surface area (Å²) >= 11 is 5.11. The molecule has 1 fully saturated rings. The first kappa shape index (κ1) is 18.3. The number of aromatic amines is 1. The lowest BCUT2D eigenvalue weighted by Crippen LogP contribution is -2.33. The van der Waals surface area contributed by atoms with Crippen molar-refractivity contribution in [3.63, 3.8) is 0 Å². The molecule has 2 aromatic rings. The van der Waals surface area contributed by atoms with E-state index in [1.807, 2.05) is 0 Å².